The fraction of sp³-hybridized carbons (Fsp3) is 0.476. The number of piperazine rings is 1. The van der Waals surface area contributed by atoms with E-state index < -0.39 is 0 Å². The van der Waals surface area contributed by atoms with Gasteiger partial charge in [0.15, 0.2) is 0 Å². The van der Waals surface area contributed by atoms with E-state index in [4.69, 9.17) is 9.72 Å². The number of aryl methyl sites for hydroxylation is 1. The zero-order valence-corrected chi connectivity index (χ0v) is 17.7. The van der Waals surface area contributed by atoms with E-state index in [0.717, 1.165) is 44.4 Å². The predicted molar refractivity (Wildman–Crippen MR) is 114 cm³/mol. The number of fused-ring (bicyclic) bond motifs is 2. The van der Waals surface area contributed by atoms with Crippen LogP contribution in [0.15, 0.2) is 28.6 Å². The lowest BCUT2D eigenvalue weighted by molar-refractivity contribution is 0.166. The summed E-state index contributed by atoms with van der Waals surface area (Å²) in [6.07, 6.45) is 5.29. The molecule has 4 rings (SSSR count). The number of hydrogen-bond acceptors (Lipinski definition) is 6. The van der Waals surface area contributed by atoms with E-state index in [1.165, 1.54) is 32.0 Å². The summed E-state index contributed by atoms with van der Waals surface area (Å²) in [5, 5.41) is 8.26. The highest BCUT2D eigenvalue weighted by atomic mass is 32.2. The molecule has 0 aliphatic carbocycles. The molecule has 6 heteroatoms. The largest absolute Gasteiger partial charge is 0.385 e. The Morgan fingerprint density at radius 1 is 1.41 bits per heavy atom. The average Bonchev–Trinajstić information content (AvgIpc) is 3.02. The molecule has 4 heterocycles. The summed E-state index contributed by atoms with van der Waals surface area (Å²) < 4.78 is 6.71. The van der Waals surface area contributed by atoms with Crippen LogP contribution >= 0.6 is 23.1 Å². The van der Waals surface area contributed by atoms with Crippen LogP contribution < -0.4 is 15.9 Å². The Labute approximate surface area is 169 Å². The minimum atomic E-state index is 0.454. The summed E-state index contributed by atoms with van der Waals surface area (Å²) >= 11 is 3.80. The standard InChI is InChI=1S/C21H27N3OS2/c1-3-5-17-12-18-20(24-10-9-22-16(13-24)7-11-25-2)19-15(6-4-8-23-19)14-26-21(18)27-17/h4,6,8,12,14,16,22H,3,5,7,9-11,13H2,1-2H3. The van der Waals surface area contributed by atoms with E-state index in [2.05, 4.69) is 34.7 Å². The number of thiophene rings is 1. The monoisotopic (exact) mass is 401 g/mol. The summed E-state index contributed by atoms with van der Waals surface area (Å²) in [6, 6.07) is 7.09. The van der Waals surface area contributed by atoms with Crippen LogP contribution in [0, 0.1) is 0 Å². The summed E-state index contributed by atoms with van der Waals surface area (Å²) in [5.74, 6) is 0. The molecule has 1 saturated heterocycles. The minimum Gasteiger partial charge on any atom is -0.385 e. The number of rotatable bonds is 6. The number of nitrogens with zero attached hydrogens (tertiary/aromatic N) is 2. The normalized spacial score (nSPS) is 19.3. The fourth-order valence-electron chi connectivity index (χ4n) is 3.80. The van der Waals surface area contributed by atoms with Crippen molar-refractivity contribution in [2.75, 3.05) is 33.4 Å². The smallest absolute Gasteiger partial charge is 0.0947 e. The zero-order chi connectivity index (χ0) is 18.6. The Hall–Kier alpha value is -1.34. The molecular weight excluding hydrogens is 374 g/mol. The van der Waals surface area contributed by atoms with E-state index >= 15 is 0 Å². The van der Waals surface area contributed by atoms with Crippen LogP contribution in [0.3, 0.4) is 0 Å². The van der Waals surface area contributed by atoms with Gasteiger partial charge in [0.25, 0.3) is 0 Å². The Morgan fingerprint density at radius 3 is 3.19 bits per heavy atom. The third-order valence-corrected chi connectivity index (χ3v) is 7.43. The second kappa shape index (κ2) is 8.78. The predicted octanol–water partition coefficient (Wildman–Crippen LogP) is 2.41. The lowest BCUT2D eigenvalue weighted by Crippen LogP contribution is -2.52. The maximum Gasteiger partial charge on any atom is 0.0947 e. The lowest BCUT2D eigenvalue weighted by atomic mass is 10.1. The van der Waals surface area contributed by atoms with E-state index in [0.29, 0.717) is 6.04 Å². The number of aromatic nitrogens is 1. The van der Waals surface area contributed by atoms with Crippen LogP contribution in [0.25, 0.3) is 11.1 Å². The number of thioether (sulfide) groups is 1. The van der Waals surface area contributed by atoms with E-state index in [1.807, 2.05) is 35.4 Å². The number of nitrogens with one attached hydrogen (secondary N) is 1. The van der Waals surface area contributed by atoms with Gasteiger partial charge in [-0.05, 0) is 30.4 Å². The number of ether oxygens (including phenoxy) is 1. The number of hydrogen-bond donors (Lipinski definition) is 1. The summed E-state index contributed by atoms with van der Waals surface area (Å²) in [4.78, 5) is 8.84. The van der Waals surface area contributed by atoms with Crippen molar-refractivity contribution >= 4 is 34.2 Å². The van der Waals surface area contributed by atoms with Crippen molar-refractivity contribution in [2.45, 2.75) is 36.4 Å². The van der Waals surface area contributed by atoms with Crippen molar-refractivity contribution in [1.82, 2.24) is 15.2 Å². The maximum atomic E-state index is 5.30. The van der Waals surface area contributed by atoms with Crippen LogP contribution in [0.2, 0.25) is 0 Å². The average molecular weight is 402 g/mol. The summed E-state index contributed by atoms with van der Waals surface area (Å²) in [6.45, 7) is 6.06. The van der Waals surface area contributed by atoms with Crippen LogP contribution in [0.5, 0.6) is 0 Å². The molecule has 2 aliphatic heterocycles. The molecule has 4 nitrogen and oxygen atoms in total. The van der Waals surface area contributed by atoms with Gasteiger partial charge < -0.3 is 15.0 Å². The molecule has 144 valence electrons. The Morgan fingerprint density at radius 2 is 2.33 bits per heavy atom. The van der Waals surface area contributed by atoms with Gasteiger partial charge in [-0.1, -0.05) is 31.2 Å². The molecule has 2 aromatic heterocycles. The molecule has 1 atom stereocenters. The van der Waals surface area contributed by atoms with Gasteiger partial charge in [-0.15, -0.1) is 11.3 Å². The first-order chi connectivity index (χ1) is 13.3. The third kappa shape index (κ3) is 4.09. The van der Waals surface area contributed by atoms with Gasteiger partial charge in [0.2, 0.25) is 0 Å². The molecule has 1 unspecified atom stereocenters. The molecule has 2 aromatic rings. The third-order valence-electron chi connectivity index (χ3n) is 5.10. The van der Waals surface area contributed by atoms with Gasteiger partial charge in [-0.25, -0.2) is 0 Å². The number of pyridine rings is 1. The summed E-state index contributed by atoms with van der Waals surface area (Å²) in [7, 11) is 1.78. The van der Waals surface area contributed by atoms with E-state index in [1.54, 1.807) is 7.11 Å². The molecule has 0 bridgehead atoms. The van der Waals surface area contributed by atoms with Crippen LogP contribution in [0.4, 0.5) is 0 Å². The molecule has 0 radical (unpaired) electrons. The van der Waals surface area contributed by atoms with Gasteiger partial charge in [-0.2, -0.15) is 0 Å². The number of methoxy groups -OCH3 is 1. The quantitative estimate of drug-likeness (QED) is 0.805. The van der Waals surface area contributed by atoms with Gasteiger partial charge in [0.1, 0.15) is 0 Å². The molecule has 27 heavy (non-hydrogen) atoms. The highest BCUT2D eigenvalue weighted by Crippen LogP contribution is 2.38. The lowest BCUT2D eigenvalue weighted by Gasteiger charge is -2.36. The molecule has 0 amide bonds. The highest BCUT2D eigenvalue weighted by Gasteiger charge is 2.26. The first-order valence-electron chi connectivity index (χ1n) is 9.72. The van der Waals surface area contributed by atoms with Crippen molar-refractivity contribution < 1.29 is 4.74 Å². The highest BCUT2D eigenvalue weighted by molar-refractivity contribution is 8.08. The van der Waals surface area contributed by atoms with Crippen LogP contribution in [0.1, 0.15) is 30.2 Å². The molecule has 1 N–H and O–H groups in total. The second-order valence-corrected chi connectivity index (χ2v) is 9.34. The summed E-state index contributed by atoms with van der Waals surface area (Å²) in [5.41, 5.74) is 2.68. The van der Waals surface area contributed by atoms with Crippen LogP contribution in [-0.4, -0.2) is 49.3 Å². The van der Waals surface area contributed by atoms with Gasteiger partial charge in [-0.3, -0.25) is 4.98 Å². The molecule has 0 saturated carbocycles. The first-order valence-corrected chi connectivity index (χ1v) is 11.4. The van der Waals surface area contributed by atoms with Crippen molar-refractivity contribution in [3.8, 4) is 0 Å². The van der Waals surface area contributed by atoms with Crippen LogP contribution in [-0.2, 0) is 11.2 Å². The fourth-order valence-corrected chi connectivity index (χ4v) is 6.15. The van der Waals surface area contributed by atoms with Gasteiger partial charge in [0, 0.05) is 61.2 Å². The second-order valence-electron chi connectivity index (χ2n) is 7.07. The molecule has 1 fully saturated rings. The van der Waals surface area contributed by atoms with Gasteiger partial charge in [0.05, 0.1) is 15.3 Å². The topological polar surface area (TPSA) is 37.4 Å². The zero-order valence-electron chi connectivity index (χ0n) is 16.0. The van der Waals surface area contributed by atoms with Gasteiger partial charge >= 0.3 is 0 Å². The van der Waals surface area contributed by atoms with E-state index in [-0.39, 0.29) is 0 Å². The SMILES string of the molecule is CCCc1cc2c(s1)SC=c1cccnc1=C2N1CCNC(CCOC)C1. The maximum absolute atomic E-state index is 5.30. The molecule has 0 spiro atoms. The van der Waals surface area contributed by atoms with Crippen molar-refractivity contribution in [3.63, 3.8) is 0 Å². The Kier molecular flexibility index (Phi) is 6.18. The molecule has 0 aromatic carbocycles. The molecule has 2 aliphatic rings. The molecular formula is C21H27N3OS2. The van der Waals surface area contributed by atoms with Crippen molar-refractivity contribution in [2.24, 2.45) is 0 Å². The van der Waals surface area contributed by atoms with E-state index in [9.17, 15) is 0 Å². The minimum absolute atomic E-state index is 0.454. The Bertz CT molecular complexity index is 908. The van der Waals surface area contributed by atoms with Crippen molar-refractivity contribution in [1.29, 1.82) is 0 Å². The first kappa shape index (κ1) is 19.0. The van der Waals surface area contributed by atoms with Crippen molar-refractivity contribution in [3.05, 3.63) is 45.4 Å². The Balaban J connectivity index is 1.79.